The van der Waals surface area contributed by atoms with Gasteiger partial charge < -0.3 is 5.11 Å². The first kappa shape index (κ1) is 13.6. The topological polar surface area (TPSA) is 45.0 Å². The van der Waals surface area contributed by atoms with Gasteiger partial charge >= 0.3 is 0 Å². The van der Waals surface area contributed by atoms with Gasteiger partial charge in [0.05, 0.1) is 11.4 Å². The number of hydrogen-bond donors (Lipinski definition) is 1. The molecule has 0 heterocycles. The highest BCUT2D eigenvalue weighted by Crippen LogP contribution is 2.34. The van der Waals surface area contributed by atoms with Gasteiger partial charge in [-0.1, -0.05) is 41.9 Å². The predicted molar refractivity (Wildman–Crippen MR) is 86.0 cm³/mol. The number of phenols is 1. The van der Waals surface area contributed by atoms with Crippen molar-refractivity contribution in [1.82, 2.24) is 0 Å². The van der Waals surface area contributed by atoms with Gasteiger partial charge in [-0.05, 0) is 36.8 Å². The second-order valence-electron chi connectivity index (χ2n) is 4.78. The van der Waals surface area contributed by atoms with E-state index in [0.717, 1.165) is 22.0 Å². The van der Waals surface area contributed by atoms with Crippen LogP contribution >= 0.6 is 11.6 Å². The van der Waals surface area contributed by atoms with Crippen molar-refractivity contribution in [1.29, 1.82) is 0 Å². The van der Waals surface area contributed by atoms with Crippen LogP contribution in [0.2, 0.25) is 5.02 Å². The molecule has 3 nitrogen and oxygen atoms in total. The maximum Gasteiger partial charge on any atom is 0.123 e. The lowest BCUT2D eigenvalue weighted by Crippen LogP contribution is -1.76. The number of aromatic hydroxyl groups is 1. The summed E-state index contributed by atoms with van der Waals surface area (Å²) in [6, 6.07) is 16.4. The van der Waals surface area contributed by atoms with Crippen LogP contribution in [0.1, 0.15) is 5.56 Å². The number of fused-ring (bicyclic) bond motifs is 1. The first-order chi connectivity index (χ1) is 10.1. The second-order valence-corrected chi connectivity index (χ2v) is 5.22. The molecule has 0 fully saturated rings. The normalized spacial score (nSPS) is 11.3. The summed E-state index contributed by atoms with van der Waals surface area (Å²) < 4.78 is 0. The maximum atomic E-state index is 9.87. The first-order valence-electron chi connectivity index (χ1n) is 6.54. The van der Waals surface area contributed by atoms with E-state index in [0.29, 0.717) is 10.7 Å². The van der Waals surface area contributed by atoms with Crippen molar-refractivity contribution in [2.75, 3.05) is 0 Å². The molecular formula is C17H13ClN2O. The molecule has 1 N–H and O–H groups in total. The van der Waals surface area contributed by atoms with Crippen LogP contribution in [0, 0.1) is 6.92 Å². The Bertz CT molecular complexity index is 843. The highest BCUT2D eigenvalue weighted by Gasteiger charge is 2.04. The molecule has 4 heteroatoms. The van der Waals surface area contributed by atoms with Gasteiger partial charge in [-0.15, -0.1) is 5.11 Å². The Kier molecular flexibility index (Phi) is 3.59. The molecule has 0 unspecified atom stereocenters. The van der Waals surface area contributed by atoms with Gasteiger partial charge in [0.15, 0.2) is 0 Å². The Hall–Kier alpha value is -2.39. The van der Waals surface area contributed by atoms with Gasteiger partial charge in [0, 0.05) is 15.8 Å². The molecule has 0 aliphatic carbocycles. The predicted octanol–water partition coefficient (Wildman–Crippen LogP) is 5.92. The van der Waals surface area contributed by atoms with Crippen LogP contribution in [0.3, 0.4) is 0 Å². The third-order valence-electron chi connectivity index (χ3n) is 3.31. The van der Waals surface area contributed by atoms with Crippen LogP contribution in [0.15, 0.2) is 64.8 Å². The van der Waals surface area contributed by atoms with Crippen molar-refractivity contribution in [2.24, 2.45) is 10.2 Å². The lowest BCUT2D eigenvalue weighted by molar-refractivity contribution is 0.481. The maximum absolute atomic E-state index is 9.87. The fraction of sp³-hybridized carbons (Fsp3) is 0.0588. The summed E-state index contributed by atoms with van der Waals surface area (Å²) in [4.78, 5) is 0. The summed E-state index contributed by atoms with van der Waals surface area (Å²) in [6.45, 7) is 1.96. The van der Waals surface area contributed by atoms with Gasteiger partial charge in [0.1, 0.15) is 5.75 Å². The lowest BCUT2D eigenvalue weighted by Gasteiger charge is -2.04. The zero-order valence-corrected chi connectivity index (χ0v) is 12.2. The van der Waals surface area contributed by atoms with Gasteiger partial charge in [0.25, 0.3) is 0 Å². The number of phenolic OH excluding ortho intramolecular Hbond substituents is 1. The van der Waals surface area contributed by atoms with Crippen molar-refractivity contribution < 1.29 is 5.11 Å². The van der Waals surface area contributed by atoms with Gasteiger partial charge in [-0.2, -0.15) is 5.11 Å². The van der Waals surface area contributed by atoms with Crippen molar-refractivity contribution in [2.45, 2.75) is 6.92 Å². The molecule has 21 heavy (non-hydrogen) atoms. The number of benzene rings is 3. The largest absolute Gasteiger partial charge is 0.507 e. The number of hydrogen-bond acceptors (Lipinski definition) is 3. The van der Waals surface area contributed by atoms with Crippen molar-refractivity contribution >= 4 is 33.7 Å². The Balaban J connectivity index is 2.08. The Morgan fingerprint density at radius 2 is 1.57 bits per heavy atom. The van der Waals surface area contributed by atoms with E-state index in [9.17, 15) is 5.11 Å². The zero-order valence-electron chi connectivity index (χ0n) is 11.4. The van der Waals surface area contributed by atoms with Crippen molar-refractivity contribution in [3.63, 3.8) is 0 Å². The van der Waals surface area contributed by atoms with Crippen LogP contribution in [-0.4, -0.2) is 5.11 Å². The molecule has 3 aromatic rings. The van der Waals surface area contributed by atoms with E-state index in [2.05, 4.69) is 10.2 Å². The highest BCUT2D eigenvalue weighted by atomic mass is 35.5. The number of azo groups is 1. The molecule has 3 aromatic carbocycles. The molecule has 104 valence electrons. The van der Waals surface area contributed by atoms with E-state index in [-0.39, 0.29) is 5.75 Å². The number of rotatable bonds is 2. The molecule has 0 aromatic heterocycles. The second kappa shape index (κ2) is 5.54. The summed E-state index contributed by atoms with van der Waals surface area (Å²) in [7, 11) is 0. The summed E-state index contributed by atoms with van der Waals surface area (Å²) in [6.07, 6.45) is 0. The molecular weight excluding hydrogens is 284 g/mol. The summed E-state index contributed by atoms with van der Waals surface area (Å²) in [5.41, 5.74) is 2.45. The summed E-state index contributed by atoms with van der Waals surface area (Å²) >= 11 is 5.98. The van der Waals surface area contributed by atoms with Crippen LogP contribution in [0.5, 0.6) is 5.75 Å². The molecule has 0 spiro atoms. The fourth-order valence-electron chi connectivity index (χ4n) is 2.15. The zero-order chi connectivity index (χ0) is 14.8. The SMILES string of the molecule is Cc1ccc(Cl)cc1N=Nc1ccc(O)c2ccccc12. The number of aryl methyl sites for hydroxylation is 1. The molecule has 0 atom stereocenters. The average Bonchev–Trinajstić information content (AvgIpc) is 2.50. The number of nitrogens with zero attached hydrogens (tertiary/aromatic N) is 2. The van der Waals surface area contributed by atoms with Crippen LogP contribution in [0.4, 0.5) is 11.4 Å². The molecule has 0 aliphatic heterocycles. The fourth-order valence-corrected chi connectivity index (χ4v) is 2.32. The minimum atomic E-state index is 0.239. The Morgan fingerprint density at radius 3 is 2.38 bits per heavy atom. The molecule has 0 radical (unpaired) electrons. The Labute approximate surface area is 127 Å². The third-order valence-corrected chi connectivity index (χ3v) is 3.55. The molecule has 0 aliphatic rings. The monoisotopic (exact) mass is 296 g/mol. The van der Waals surface area contributed by atoms with Crippen LogP contribution in [0.25, 0.3) is 10.8 Å². The standard InChI is InChI=1S/C17H13ClN2O/c1-11-6-7-12(18)10-16(11)20-19-15-8-9-17(21)14-5-3-2-4-13(14)15/h2-10,21H,1H3. The smallest absolute Gasteiger partial charge is 0.123 e. The summed E-state index contributed by atoms with van der Waals surface area (Å²) in [5.74, 6) is 0.239. The quantitative estimate of drug-likeness (QED) is 0.586. The highest BCUT2D eigenvalue weighted by molar-refractivity contribution is 6.30. The van der Waals surface area contributed by atoms with E-state index in [1.807, 2.05) is 43.3 Å². The van der Waals surface area contributed by atoms with Gasteiger partial charge in [-0.3, -0.25) is 0 Å². The Morgan fingerprint density at radius 1 is 0.857 bits per heavy atom. The first-order valence-corrected chi connectivity index (χ1v) is 6.91. The van der Waals surface area contributed by atoms with Crippen molar-refractivity contribution in [3.05, 3.63) is 65.2 Å². The van der Waals surface area contributed by atoms with Gasteiger partial charge in [-0.25, -0.2) is 0 Å². The molecule has 0 saturated heterocycles. The summed E-state index contributed by atoms with van der Waals surface area (Å²) in [5, 5.41) is 20.7. The minimum Gasteiger partial charge on any atom is -0.507 e. The average molecular weight is 297 g/mol. The molecule has 3 rings (SSSR count). The van der Waals surface area contributed by atoms with E-state index in [1.54, 1.807) is 18.2 Å². The van der Waals surface area contributed by atoms with E-state index >= 15 is 0 Å². The molecule has 0 bridgehead atoms. The van der Waals surface area contributed by atoms with Crippen LogP contribution < -0.4 is 0 Å². The molecule has 0 amide bonds. The van der Waals surface area contributed by atoms with E-state index in [4.69, 9.17) is 11.6 Å². The minimum absolute atomic E-state index is 0.239. The van der Waals surface area contributed by atoms with Crippen molar-refractivity contribution in [3.8, 4) is 5.75 Å². The lowest BCUT2D eigenvalue weighted by atomic mass is 10.1. The van der Waals surface area contributed by atoms with E-state index < -0.39 is 0 Å². The third kappa shape index (κ3) is 2.73. The number of halogens is 1. The van der Waals surface area contributed by atoms with Gasteiger partial charge in [0.2, 0.25) is 0 Å². The van der Waals surface area contributed by atoms with E-state index in [1.165, 1.54) is 0 Å². The van der Waals surface area contributed by atoms with Crippen LogP contribution in [-0.2, 0) is 0 Å². The molecule has 0 saturated carbocycles.